The Morgan fingerprint density at radius 3 is 3.00 bits per heavy atom. The second kappa shape index (κ2) is 5.83. The van der Waals surface area contributed by atoms with Gasteiger partial charge in [-0.25, -0.2) is 0 Å². The largest absolute Gasteiger partial charge is 0.497 e. The standard InChI is InChI=1S/C16H23NO2/c1-18-13-6-7-16-14(11-13)15(8-10-19-16)17-9-2-3-12-4-5-12/h6-7,11-12,15,17H,2-5,8-10H2,1H3. The van der Waals surface area contributed by atoms with Crippen molar-refractivity contribution in [1.29, 1.82) is 0 Å². The van der Waals surface area contributed by atoms with Crippen molar-refractivity contribution in [2.24, 2.45) is 5.92 Å². The maximum absolute atomic E-state index is 5.71. The molecule has 1 saturated carbocycles. The minimum Gasteiger partial charge on any atom is -0.497 e. The van der Waals surface area contributed by atoms with Crippen molar-refractivity contribution in [3.05, 3.63) is 23.8 Å². The Bertz CT molecular complexity index is 429. The molecular weight excluding hydrogens is 238 g/mol. The molecule has 0 aromatic heterocycles. The zero-order chi connectivity index (χ0) is 13.1. The van der Waals surface area contributed by atoms with Gasteiger partial charge >= 0.3 is 0 Å². The third kappa shape index (κ3) is 3.21. The summed E-state index contributed by atoms with van der Waals surface area (Å²) in [5, 5.41) is 3.68. The predicted octanol–water partition coefficient (Wildman–Crippen LogP) is 3.30. The maximum Gasteiger partial charge on any atom is 0.124 e. The number of methoxy groups -OCH3 is 1. The van der Waals surface area contributed by atoms with Crippen molar-refractivity contribution >= 4 is 0 Å². The molecule has 1 unspecified atom stereocenters. The molecular formula is C16H23NO2. The van der Waals surface area contributed by atoms with Gasteiger partial charge in [0.25, 0.3) is 0 Å². The van der Waals surface area contributed by atoms with E-state index < -0.39 is 0 Å². The molecule has 0 amide bonds. The fourth-order valence-corrected chi connectivity index (χ4v) is 2.79. The molecule has 3 rings (SSSR count). The summed E-state index contributed by atoms with van der Waals surface area (Å²) in [7, 11) is 1.71. The Hall–Kier alpha value is -1.22. The summed E-state index contributed by atoms with van der Waals surface area (Å²) in [6.45, 7) is 1.91. The van der Waals surface area contributed by atoms with Crippen LogP contribution in [0.2, 0.25) is 0 Å². The first kappa shape index (κ1) is 12.8. The Morgan fingerprint density at radius 2 is 2.21 bits per heavy atom. The first-order valence-electron chi connectivity index (χ1n) is 7.41. The van der Waals surface area contributed by atoms with Crippen LogP contribution in [0.25, 0.3) is 0 Å². The molecule has 0 spiro atoms. The average Bonchev–Trinajstić information content (AvgIpc) is 3.27. The van der Waals surface area contributed by atoms with Gasteiger partial charge in [-0.15, -0.1) is 0 Å². The van der Waals surface area contributed by atoms with Gasteiger partial charge in [0.15, 0.2) is 0 Å². The van der Waals surface area contributed by atoms with E-state index >= 15 is 0 Å². The van der Waals surface area contributed by atoms with E-state index in [1.54, 1.807) is 7.11 Å². The van der Waals surface area contributed by atoms with E-state index in [9.17, 15) is 0 Å². The van der Waals surface area contributed by atoms with Crippen molar-refractivity contribution in [3.63, 3.8) is 0 Å². The van der Waals surface area contributed by atoms with Crippen LogP contribution in [-0.4, -0.2) is 20.3 Å². The molecule has 0 saturated heterocycles. The quantitative estimate of drug-likeness (QED) is 0.797. The molecule has 3 heteroatoms. The van der Waals surface area contributed by atoms with Crippen LogP contribution < -0.4 is 14.8 Å². The van der Waals surface area contributed by atoms with Gasteiger partial charge in [0.1, 0.15) is 11.5 Å². The predicted molar refractivity (Wildman–Crippen MR) is 75.8 cm³/mol. The highest BCUT2D eigenvalue weighted by atomic mass is 16.5. The van der Waals surface area contributed by atoms with E-state index in [2.05, 4.69) is 11.4 Å². The van der Waals surface area contributed by atoms with Gasteiger partial charge in [0.05, 0.1) is 13.7 Å². The van der Waals surface area contributed by atoms with Gasteiger partial charge in [0, 0.05) is 18.0 Å². The molecule has 1 heterocycles. The molecule has 2 aliphatic rings. The number of hydrogen-bond donors (Lipinski definition) is 1. The SMILES string of the molecule is COc1ccc2c(c1)C(NCCCC1CC1)CCO2. The summed E-state index contributed by atoms with van der Waals surface area (Å²) in [5.74, 6) is 2.95. The Labute approximate surface area is 115 Å². The van der Waals surface area contributed by atoms with Crippen LogP contribution in [0.5, 0.6) is 11.5 Å². The van der Waals surface area contributed by atoms with Gasteiger partial charge < -0.3 is 14.8 Å². The molecule has 1 aliphatic heterocycles. The highest BCUT2D eigenvalue weighted by Crippen LogP contribution is 2.35. The Kier molecular flexibility index (Phi) is 3.92. The average molecular weight is 261 g/mol. The van der Waals surface area contributed by atoms with E-state index in [1.165, 1.54) is 31.2 Å². The number of rotatable bonds is 6. The third-order valence-corrected chi connectivity index (χ3v) is 4.13. The van der Waals surface area contributed by atoms with E-state index in [4.69, 9.17) is 9.47 Å². The molecule has 1 aromatic rings. The van der Waals surface area contributed by atoms with E-state index in [0.717, 1.165) is 37.0 Å². The molecule has 19 heavy (non-hydrogen) atoms. The van der Waals surface area contributed by atoms with Crippen molar-refractivity contribution < 1.29 is 9.47 Å². The summed E-state index contributed by atoms with van der Waals surface area (Å²) in [5.41, 5.74) is 1.25. The minimum atomic E-state index is 0.415. The molecule has 1 N–H and O–H groups in total. The number of ether oxygens (including phenoxy) is 2. The number of fused-ring (bicyclic) bond motifs is 1. The van der Waals surface area contributed by atoms with Crippen LogP contribution in [0.1, 0.15) is 43.7 Å². The lowest BCUT2D eigenvalue weighted by atomic mass is 10.00. The van der Waals surface area contributed by atoms with Gasteiger partial charge in [0.2, 0.25) is 0 Å². The fourth-order valence-electron chi connectivity index (χ4n) is 2.79. The molecule has 0 bridgehead atoms. The second-order valence-electron chi connectivity index (χ2n) is 5.63. The second-order valence-corrected chi connectivity index (χ2v) is 5.63. The van der Waals surface area contributed by atoms with Crippen LogP contribution >= 0.6 is 0 Å². The molecule has 1 aromatic carbocycles. The third-order valence-electron chi connectivity index (χ3n) is 4.13. The molecule has 1 atom stereocenters. The first-order chi connectivity index (χ1) is 9.36. The molecule has 104 valence electrons. The van der Waals surface area contributed by atoms with Crippen molar-refractivity contribution in [1.82, 2.24) is 5.32 Å². The summed E-state index contributed by atoms with van der Waals surface area (Å²) in [6, 6.07) is 6.51. The van der Waals surface area contributed by atoms with Gasteiger partial charge in [-0.3, -0.25) is 0 Å². The monoisotopic (exact) mass is 261 g/mol. The van der Waals surface area contributed by atoms with Crippen LogP contribution in [-0.2, 0) is 0 Å². The topological polar surface area (TPSA) is 30.5 Å². The lowest BCUT2D eigenvalue weighted by Gasteiger charge is -2.27. The smallest absolute Gasteiger partial charge is 0.124 e. The van der Waals surface area contributed by atoms with Crippen LogP contribution in [0, 0.1) is 5.92 Å². The molecule has 0 radical (unpaired) electrons. The van der Waals surface area contributed by atoms with Crippen LogP contribution in [0.4, 0.5) is 0 Å². The minimum absolute atomic E-state index is 0.415. The van der Waals surface area contributed by atoms with Crippen molar-refractivity contribution in [3.8, 4) is 11.5 Å². The zero-order valence-corrected chi connectivity index (χ0v) is 11.7. The van der Waals surface area contributed by atoms with Crippen molar-refractivity contribution in [2.75, 3.05) is 20.3 Å². The van der Waals surface area contributed by atoms with E-state index in [0.29, 0.717) is 6.04 Å². The number of benzene rings is 1. The summed E-state index contributed by atoms with van der Waals surface area (Å²) in [6.07, 6.45) is 6.64. The molecule has 1 aliphatic carbocycles. The lowest BCUT2D eigenvalue weighted by Crippen LogP contribution is -2.28. The summed E-state index contributed by atoms with van der Waals surface area (Å²) >= 11 is 0. The lowest BCUT2D eigenvalue weighted by molar-refractivity contribution is 0.251. The number of hydrogen-bond acceptors (Lipinski definition) is 3. The van der Waals surface area contributed by atoms with Gasteiger partial charge in [-0.2, -0.15) is 0 Å². The normalized spacial score (nSPS) is 21.6. The van der Waals surface area contributed by atoms with Crippen molar-refractivity contribution in [2.45, 2.75) is 38.1 Å². The fraction of sp³-hybridized carbons (Fsp3) is 0.625. The highest BCUT2D eigenvalue weighted by Gasteiger charge is 2.23. The first-order valence-corrected chi connectivity index (χ1v) is 7.41. The van der Waals surface area contributed by atoms with Crippen LogP contribution in [0.15, 0.2) is 18.2 Å². The summed E-state index contributed by atoms with van der Waals surface area (Å²) < 4.78 is 11.0. The van der Waals surface area contributed by atoms with Gasteiger partial charge in [-0.1, -0.05) is 12.8 Å². The zero-order valence-electron chi connectivity index (χ0n) is 11.7. The Balaban J connectivity index is 1.59. The van der Waals surface area contributed by atoms with Crippen LogP contribution in [0.3, 0.4) is 0 Å². The summed E-state index contributed by atoms with van der Waals surface area (Å²) in [4.78, 5) is 0. The molecule has 3 nitrogen and oxygen atoms in total. The van der Waals surface area contributed by atoms with Gasteiger partial charge in [-0.05, 0) is 43.5 Å². The number of nitrogens with one attached hydrogen (secondary N) is 1. The maximum atomic E-state index is 5.71. The Morgan fingerprint density at radius 1 is 1.32 bits per heavy atom. The molecule has 1 fully saturated rings. The van der Waals surface area contributed by atoms with E-state index in [1.807, 2.05) is 12.1 Å². The highest BCUT2D eigenvalue weighted by molar-refractivity contribution is 5.43. The van der Waals surface area contributed by atoms with E-state index in [-0.39, 0.29) is 0 Å².